The van der Waals surface area contributed by atoms with Crippen molar-refractivity contribution >= 4 is 11.3 Å². The molecule has 0 fully saturated rings. The number of hydrogen-bond acceptors (Lipinski definition) is 1. The zero-order valence-corrected chi connectivity index (χ0v) is 10.2. The van der Waals surface area contributed by atoms with E-state index in [0.717, 1.165) is 17.8 Å². The molecule has 0 bridgehead atoms. The van der Waals surface area contributed by atoms with Crippen molar-refractivity contribution in [2.45, 2.75) is 6.54 Å². The Morgan fingerprint density at radius 2 is 2.00 bits per heavy atom. The molecule has 0 N–H and O–H groups in total. The molecular formula is C15H11N4+. The van der Waals surface area contributed by atoms with Gasteiger partial charge in [-0.1, -0.05) is 24.3 Å². The van der Waals surface area contributed by atoms with E-state index in [-0.39, 0.29) is 0 Å². The van der Waals surface area contributed by atoms with Crippen LogP contribution in [-0.4, -0.2) is 14.2 Å². The van der Waals surface area contributed by atoms with Crippen LogP contribution in [0.3, 0.4) is 0 Å². The Balaban J connectivity index is 1.94. The lowest BCUT2D eigenvalue weighted by molar-refractivity contribution is -0.508. The van der Waals surface area contributed by atoms with Gasteiger partial charge in [-0.05, 0) is 17.7 Å². The lowest BCUT2D eigenvalue weighted by Gasteiger charge is -1.92. The molecule has 0 saturated carbocycles. The topological polar surface area (TPSA) is 26.3 Å². The molecule has 0 saturated heterocycles. The Hall–Kier alpha value is -2.62. The average molecular weight is 247 g/mol. The van der Waals surface area contributed by atoms with Crippen LogP contribution in [0.5, 0.6) is 0 Å². The maximum Gasteiger partial charge on any atom is 0.394 e. The van der Waals surface area contributed by atoms with E-state index < -0.39 is 0 Å². The van der Waals surface area contributed by atoms with Gasteiger partial charge >= 0.3 is 5.78 Å². The zero-order valence-electron chi connectivity index (χ0n) is 10.2. The molecule has 0 spiro atoms. The van der Waals surface area contributed by atoms with Gasteiger partial charge in [-0.2, -0.15) is 0 Å². The van der Waals surface area contributed by atoms with Crippen molar-refractivity contribution in [2.24, 2.45) is 0 Å². The highest BCUT2D eigenvalue weighted by Gasteiger charge is 2.29. The molecule has 0 radical (unpaired) electrons. The summed E-state index contributed by atoms with van der Waals surface area (Å²) in [5.74, 6) is 1.11. The zero-order chi connectivity index (χ0) is 12.4. The number of fused-ring (bicyclic) bond motifs is 7. The number of rotatable bonds is 0. The van der Waals surface area contributed by atoms with E-state index in [1.54, 1.807) is 0 Å². The van der Waals surface area contributed by atoms with Crippen LogP contribution in [-0.2, 0) is 6.54 Å². The van der Waals surface area contributed by atoms with E-state index >= 15 is 0 Å². The van der Waals surface area contributed by atoms with Gasteiger partial charge in [-0.15, -0.1) is 9.61 Å². The summed E-state index contributed by atoms with van der Waals surface area (Å²) in [5.41, 5.74) is 5.09. The van der Waals surface area contributed by atoms with Crippen LogP contribution in [0.25, 0.3) is 22.6 Å². The molecule has 0 unspecified atom stereocenters. The minimum Gasteiger partial charge on any atom is -0.221 e. The Kier molecular flexibility index (Phi) is 1.49. The molecule has 4 heteroatoms. The first kappa shape index (κ1) is 9.33. The highest BCUT2D eigenvalue weighted by Crippen LogP contribution is 2.32. The predicted molar refractivity (Wildman–Crippen MR) is 70.9 cm³/mol. The molecule has 3 aromatic heterocycles. The molecule has 0 amide bonds. The number of benzene rings is 1. The number of nitrogens with zero attached hydrogens (tertiary/aromatic N) is 4. The van der Waals surface area contributed by atoms with Gasteiger partial charge in [0.05, 0.1) is 12.7 Å². The van der Waals surface area contributed by atoms with Gasteiger partial charge in [0.15, 0.2) is 5.52 Å². The van der Waals surface area contributed by atoms with Crippen LogP contribution in [0.15, 0.2) is 55.0 Å². The fourth-order valence-electron chi connectivity index (χ4n) is 3.07. The molecule has 1 aliphatic heterocycles. The highest BCUT2D eigenvalue weighted by atomic mass is 15.3. The minimum absolute atomic E-state index is 0.921. The second-order valence-electron chi connectivity index (χ2n) is 4.95. The van der Waals surface area contributed by atoms with Crippen LogP contribution in [0.2, 0.25) is 0 Å². The van der Waals surface area contributed by atoms with Gasteiger partial charge < -0.3 is 0 Å². The molecule has 0 aliphatic carbocycles. The highest BCUT2D eigenvalue weighted by molar-refractivity contribution is 5.69. The van der Waals surface area contributed by atoms with Gasteiger partial charge in [0, 0.05) is 5.56 Å². The summed E-state index contributed by atoms with van der Waals surface area (Å²) in [6.45, 7) is 0.921. The number of aromatic nitrogens is 4. The predicted octanol–water partition coefficient (Wildman–Crippen LogP) is 1.90. The van der Waals surface area contributed by atoms with Crippen LogP contribution >= 0.6 is 0 Å². The monoisotopic (exact) mass is 247 g/mol. The van der Waals surface area contributed by atoms with Crippen molar-refractivity contribution in [3.63, 3.8) is 0 Å². The van der Waals surface area contributed by atoms with Gasteiger partial charge in [0.1, 0.15) is 18.1 Å². The van der Waals surface area contributed by atoms with Gasteiger partial charge in [0.25, 0.3) is 0 Å². The lowest BCUT2D eigenvalue weighted by atomic mass is 10.1. The third kappa shape index (κ3) is 1.04. The van der Waals surface area contributed by atoms with Crippen molar-refractivity contribution in [1.29, 1.82) is 0 Å². The second-order valence-corrected chi connectivity index (χ2v) is 4.95. The SMILES string of the molecule is c1ccc2c(c1)Cn1c-2c[n+]2cc3cccnn3c12. The minimum atomic E-state index is 0.921. The molecule has 0 atom stereocenters. The fraction of sp³-hybridized carbons (Fsp3) is 0.0667. The second kappa shape index (κ2) is 3.03. The van der Waals surface area contributed by atoms with Crippen LogP contribution < -0.4 is 4.40 Å². The summed E-state index contributed by atoms with van der Waals surface area (Å²) in [6.07, 6.45) is 6.14. The van der Waals surface area contributed by atoms with Crippen molar-refractivity contribution in [3.05, 3.63) is 60.6 Å². The van der Waals surface area contributed by atoms with Crippen molar-refractivity contribution in [3.8, 4) is 11.3 Å². The van der Waals surface area contributed by atoms with Gasteiger partial charge in [0.2, 0.25) is 0 Å². The molecular weight excluding hydrogens is 236 g/mol. The van der Waals surface area contributed by atoms with Crippen LogP contribution in [0.4, 0.5) is 0 Å². The number of hydrogen-bond donors (Lipinski definition) is 0. The first-order valence-electron chi connectivity index (χ1n) is 6.37. The Bertz CT molecular complexity index is 945. The molecule has 4 nitrogen and oxygen atoms in total. The van der Waals surface area contributed by atoms with E-state index in [9.17, 15) is 0 Å². The summed E-state index contributed by atoms with van der Waals surface area (Å²) in [4.78, 5) is 0. The molecule has 1 aromatic carbocycles. The van der Waals surface area contributed by atoms with E-state index in [2.05, 4.69) is 56.8 Å². The smallest absolute Gasteiger partial charge is 0.221 e. The van der Waals surface area contributed by atoms with Gasteiger partial charge in [-0.25, -0.2) is 8.97 Å². The molecule has 1 aliphatic rings. The Morgan fingerprint density at radius 3 is 3.00 bits per heavy atom. The standard InChI is InChI=1S/C15H11N4/c1-2-6-13-11(4-1)8-18-14(13)10-17-9-12-5-3-7-16-19(12)15(17)18/h1-7,9-10H,8H2/q+1. The maximum atomic E-state index is 4.46. The lowest BCUT2D eigenvalue weighted by Crippen LogP contribution is -2.16. The quantitative estimate of drug-likeness (QED) is 0.384. The Morgan fingerprint density at radius 1 is 1.05 bits per heavy atom. The maximum absolute atomic E-state index is 4.46. The third-order valence-electron chi connectivity index (χ3n) is 3.89. The first-order valence-corrected chi connectivity index (χ1v) is 6.37. The third-order valence-corrected chi connectivity index (χ3v) is 3.89. The van der Waals surface area contributed by atoms with E-state index in [1.807, 2.05) is 16.8 Å². The molecule has 90 valence electrons. The van der Waals surface area contributed by atoms with Crippen molar-refractivity contribution in [2.75, 3.05) is 0 Å². The van der Waals surface area contributed by atoms with Crippen molar-refractivity contribution < 1.29 is 4.40 Å². The summed E-state index contributed by atoms with van der Waals surface area (Å²) in [6, 6.07) is 12.6. The largest absolute Gasteiger partial charge is 0.394 e. The van der Waals surface area contributed by atoms with E-state index in [0.29, 0.717) is 0 Å². The average Bonchev–Trinajstić information content (AvgIpc) is 3.05. The van der Waals surface area contributed by atoms with Crippen LogP contribution in [0.1, 0.15) is 5.56 Å². The first-order chi connectivity index (χ1) is 9.42. The van der Waals surface area contributed by atoms with Crippen molar-refractivity contribution in [1.82, 2.24) is 14.2 Å². The van der Waals surface area contributed by atoms with Gasteiger partial charge in [-0.3, -0.25) is 0 Å². The summed E-state index contributed by atoms with van der Waals surface area (Å²) in [7, 11) is 0. The van der Waals surface area contributed by atoms with Crippen LogP contribution in [0, 0.1) is 0 Å². The summed E-state index contributed by atoms with van der Waals surface area (Å²) >= 11 is 0. The normalized spacial score (nSPS) is 13.1. The molecule has 5 rings (SSSR count). The van der Waals surface area contributed by atoms with E-state index in [4.69, 9.17) is 0 Å². The molecule has 19 heavy (non-hydrogen) atoms. The summed E-state index contributed by atoms with van der Waals surface area (Å²) < 4.78 is 6.48. The Labute approximate surface area is 109 Å². The summed E-state index contributed by atoms with van der Waals surface area (Å²) in [5, 5.41) is 4.46. The van der Waals surface area contributed by atoms with E-state index in [1.165, 1.54) is 16.8 Å². The molecule has 4 aromatic rings. The molecule has 4 heterocycles. The fourth-order valence-corrected chi connectivity index (χ4v) is 3.07. The number of imidazole rings is 2.